The van der Waals surface area contributed by atoms with Crippen LogP contribution in [0.3, 0.4) is 0 Å². The van der Waals surface area contributed by atoms with Crippen LogP contribution in [0.5, 0.6) is 5.75 Å². The molecule has 0 saturated carbocycles. The van der Waals surface area contributed by atoms with Gasteiger partial charge < -0.3 is 9.47 Å². The predicted octanol–water partition coefficient (Wildman–Crippen LogP) is 1.51. The molecule has 0 N–H and O–H groups in total. The van der Waals surface area contributed by atoms with Crippen molar-refractivity contribution in [3.63, 3.8) is 0 Å². The largest absolute Gasteiger partial charge is 0.454 e. The Labute approximate surface area is 87.6 Å². The lowest BCUT2D eigenvalue weighted by molar-refractivity contribution is -0.545. The molecule has 3 rings (SSSR count). The molecule has 80 valence electrons. The van der Waals surface area contributed by atoms with Gasteiger partial charge in [-0.15, -0.1) is 0 Å². The van der Waals surface area contributed by atoms with E-state index in [2.05, 4.69) is 0 Å². The van der Waals surface area contributed by atoms with E-state index in [4.69, 9.17) is 19.2 Å². The molecule has 0 aromatic heterocycles. The van der Waals surface area contributed by atoms with Crippen molar-refractivity contribution in [1.29, 1.82) is 0 Å². The molecule has 0 spiro atoms. The molecular formula is C11H12O4. The van der Waals surface area contributed by atoms with Crippen LogP contribution in [-0.4, -0.2) is 25.1 Å². The number of ether oxygens (including phenoxy) is 2. The van der Waals surface area contributed by atoms with Crippen molar-refractivity contribution in [3.8, 4) is 5.75 Å². The summed E-state index contributed by atoms with van der Waals surface area (Å²) >= 11 is 0. The van der Waals surface area contributed by atoms with E-state index < -0.39 is 5.79 Å². The van der Waals surface area contributed by atoms with E-state index in [9.17, 15) is 0 Å². The molecule has 0 amide bonds. The topological polar surface area (TPSA) is 36.9 Å². The molecular weight excluding hydrogens is 196 g/mol. The molecule has 2 atom stereocenters. The second-order valence-electron chi connectivity index (χ2n) is 3.72. The Morgan fingerprint density at radius 1 is 1.27 bits per heavy atom. The highest BCUT2D eigenvalue weighted by molar-refractivity contribution is 5.22. The number of para-hydroxylation sites is 1. The lowest BCUT2D eigenvalue weighted by Crippen LogP contribution is -2.64. The van der Waals surface area contributed by atoms with Crippen LogP contribution in [-0.2, 0) is 14.5 Å². The predicted molar refractivity (Wildman–Crippen MR) is 51.2 cm³/mol. The minimum absolute atomic E-state index is 0.00791. The van der Waals surface area contributed by atoms with Crippen molar-refractivity contribution in [2.24, 2.45) is 0 Å². The molecule has 2 aliphatic rings. The summed E-state index contributed by atoms with van der Waals surface area (Å²) in [6.07, 6.45) is 0.947. The van der Waals surface area contributed by atoms with Crippen LogP contribution in [0.1, 0.15) is 6.42 Å². The maximum atomic E-state index is 5.77. The van der Waals surface area contributed by atoms with E-state index >= 15 is 0 Å². The van der Waals surface area contributed by atoms with Gasteiger partial charge in [0.05, 0.1) is 6.61 Å². The third-order valence-electron chi connectivity index (χ3n) is 2.68. The van der Waals surface area contributed by atoms with E-state index in [1.165, 1.54) is 0 Å². The summed E-state index contributed by atoms with van der Waals surface area (Å²) in [6.45, 7) is 1.19. The van der Waals surface area contributed by atoms with Crippen molar-refractivity contribution >= 4 is 0 Å². The quantitative estimate of drug-likeness (QED) is 0.705. The Hall–Kier alpha value is -1.10. The van der Waals surface area contributed by atoms with Crippen molar-refractivity contribution in [2.75, 3.05) is 13.2 Å². The van der Waals surface area contributed by atoms with E-state index in [1.807, 2.05) is 30.3 Å². The Morgan fingerprint density at radius 3 is 2.47 bits per heavy atom. The summed E-state index contributed by atoms with van der Waals surface area (Å²) in [6, 6.07) is 9.57. The minimum atomic E-state index is -0.723. The minimum Gasteiger partial charge on any atom is -0.454 e. The Morgan fingerprint density at radius 2 is 2.00 bits per heavy atom. The molecule has 15 heavy (non-hydrogen) atoms. The van der Waals surface area contributed by atoms with Gasteiger partial charge >= 0.3 is 0 Å². The van der Waals surface area contributed by atoms with E-state index in [1.54, 1.807) is 0 Å². The van der Waals surface area contributed by atoms with Gasteiger partial charge in [-0.2, -0.15) is 4.89 Å². The van der Waals surface area contributed by atoms with Crippen molar-refractivity contribution < 1.29 is 19.2 Å². The van der Waals surface area contributed by atoms with E-state index in [-0.39, 0.29) is 6.10 Å². The fraction of sp³-hybridized carbons (Fsp3) is 0.455. The number of hydrogen-bond acceptors (Lipinski definition) is 4. The summed E-state index contributed by atoms with van der Waals surface area (Å²) in [5.74, 6) is 0.0517. The van der Waals surface area contributed by atoms with Crippen LogP contribution >= 0.6 is 0 Å². The van der Waals surface area contributed by atoms with Crippen LogP contribution in [0.2, 0.25) is 0 Å². The van der Waals surface area contributed by atoms with E-state index in [0.717, 1.165) is 18.8 Å². The average Bonchev–Trinajstić information content (AvgIpc) is 2.13. The van der Waals surface area contributed by atoms with Crippen LogP contribution in [0.15, 0.2) is 30.3 Å². The first-order valence-electron chi connectivity index (χ1n) is 5.05. The second-order valence-corrected chi connectivity index (χ2v) is 3.72. The highest BCUT2D eigenvalue weighted by Gasteiger charge is 2.54. The second kappa shape index (κ2) is 3.48. The van der Waals surface area contributed by atoms with Gasteiger partial charge in [-0.3, -0.25) is 0 Å². The summed E-state index contributed by atoms with van der Waals surface area (Å²) in [5.41, 5.74) is 0. The van der Waals surface area contributed by atoms with Crippen LogP contribution in [0, 0.1) is 0 Å². The average molecular weight is 208 g/mol. The first-order valence-corrected chi connectivity index (χ1v) is 5.05. The zero-order valence-electron chi connectivity index (χ0n) is 8.22. The summed E-state index contributed by atoms with van der Waals surface area (Å²) in [4.78, 5) is 9.84. The highest BCUT2D eigenvalue weighted by Crippen LogP contribution is 2.36. The number of benzene rings is 1. The van der Waals surface area contributed by atoms with Gasteiger partial charge in [0.2, 0.25) is 0 Å². The van der Waals surface area contributed by atoms with Crippen molar-refractivity contribution in [3.05, 3.63) is 30.3 Å². The first-order chi connectivity index (χ1) is 7.39. The summed E-state index contributed by atoms with van der Waals surface area (Å²) in [7, 11) is 0. The Kier molecular flexibility index (Phi) is 2.12. The molecule has 2 unspecified atom stereocenters. The maximum Gasteiger partial charge on any atom is 0.292 e. The maximum absolute atomic E-state index is 5.77. The lowest BCUT2D eigenvalue weighted by Gasteiger charge is -2.47. The van der Waals surface area contributed by atoms with Crippen molar-refractivity contribution in [1.82, 2.24) is 0 Å². The lowest BCUT2D eigenvalue weighted by atomic mass is 10.0. The number of rotatable bonds is 3. The molecule has 2 aliphatic heterocycles. The molecule has 1 aromatic rings. The van der Waals surface area contributed by atoms with Crippen LogP contribution in [0.25, 0.3) is 0 Å². The SMILES string of the molecule is c1ccc(OC2(C3CCO3)COO2)cc1. The number of hydrogen-bond donors (Lipinski definition) is 0. The summed E-state index contributed by atoms with van der Waals surface area (Å²) in [5, 5.41) is 0. The normalized spacial score (nSPS) is 34.0. The molecule has 4 heteroatoms. The van der Waals surface area contributed by atoms with Gasteiger partial charge in [0, 0.05) is 6.42 Å². The van der Waals surface area contributed by atoms with E-state index in [0.29, 0.717) is 6.61 Å². The third kappa shape index (κ3) is 1.51. The van der Waals surface area contributed by atoms with Gasteiger partial charge in [0.25, 0.3) is 5.79 Å². The van der Waals surface area contributed by atoms with Gasteiger partial charge in [-0.05, 0) is 12.1 Å². The summed E-state index contributed by atoms with van der Waals surface area (Å²) < 4.78 is 11.1. The monoisotopic (exact) mass is 208 g/mol. The third-order valence-corrected chi connectivity index (χ3v) is 2.68. The first kappa shape index (κ1) is 9.15. The molecule has 2 fully saturated rings. The van der Waals surface area contributed by atoms with Crippen LogP contribution < -0.4 is 4.74 Å². The molecule has 4 nitrogen and oxygen atoms in total. The molecule has 2 heterocycles. The Bertz CT molecular complexity index is 330. The van der Waals surface area contributed by atoms with Gasteiger partial charge in [-0.1, -0.05) is 18.2 Å². The molecule has 0 radical (unpaired) electrons. The fourth-order valence-corrected chi connectivity index (χ4v) is 1.70. The zero-order valence-corrected chi connectivity index (χ0v) is 8.22. The smallest absolute Gasteiger partial charge is 0.292 e. The van der Waals surface area contributed by atoms with Gasteiger partial charge in [0.15, 0.2) is 6.61 Å². The molecule has 2 saturated heterocycles. The molecule has 1 aromatic carbocycles. The van der Waals surface area contributed by atoms with Crippen LogP contribution in [0.4, 0.5) is 0 Å². The van der Waals surface area contributed by atoms with Gasteiger partial charge in [-0.25, -0.2) is 4.89 Å². The van der Waals surface area contributed by atoms with Crippen molar-refractivity contribution in [2.45, 2.75) is 18.3 Å². The molecule has 0 aliphatic carbocycles. The highest BCUT2D eigenvalue weighted by atomic mass is 17.3. The van der Waals surface area contributed by atoms with Gasteiger partial charge in [0.1, 0.15) is 11.9 Å². The zero-order chi connectivity index (χ0) is 10.1. The fourth-order valence-electron chi connectivity index (χ4n) is 1.70. The molecule has 0 bridgehead atoms. The standard InChI is InChI=1S/C11H12O4/c1-2-4-9(5-3-1)14-11(8-13-15-11)10-6-7-12-10/h1-5,10H,6-8H2. The Balaban J connectivity index is 1.74.